The summed E-state index contributed by atoms with van der Waals surface area (Å²) in [5, 5.41) is 0. The van der Waals surface area contributed by atoms with Gasteiger partial charge in [-0.15, -0.1) is 0 Å². The van der Waals surface area contributed by atoms with Gasteiger partial charge in [0, 0.05) is 6.04 Å². The third-order valence-electron chi connectivity index (χ3n) is 2.38. The van der Waals surface area contributed by atoms with E-state index in [-0.39, 0.29) is 23.7 Å². The third-order valence-corrected chi connectivity index (χ3v) is 2.38. The number of nitrogens with two attached hydrogens (primary N) is 1. The summed E-state index contributed by atoms with van der Waals surface area (Å²) in [5.74, 6) is -0.0931. The maximum atomic E-state index is 13.5. The molecule has 1 heterocycles. The molecular formula is C11H14FNO2. The van der Waals surface area contributed by atoms with E-state index in [0.29, 0.717) is 13.2 Å². The molecule has 2 rings (SSSR count). The Morgan fingerprint density at radius 2 is 2.27 bits per heavy atom. The van der Waals surface area contributed by atoms with Crippen LogP contribution in [-0.2, 0) is 4.74 Å². The first-order valence-corrected chi connectivity index (χ1v) is 4.96. The van der Waals surface area contributed by atoms with Crippen LogP contribution in [-0.4, -0.2) is 19.3 Å². The van der Waals surface area contributed by atoms with E-state index >= 15 is 0 Å². The van der Waals surface area contributed by atoms with E-state index in [1.54, 1.807) is 12.1 Å². The molecule has 0 unspecified atom stereocenters. The molecule has 1 fully saturated rings. The Morgan fingerprint density at radius 1 is 1.53 bits per heavy atom. The van der Waals surface area contributed by atoms with Crippen molar-refractivity contribution in [3.8, 4) is 5.75 Å². The minimum atomic E-state index is -0.364. The van der Waals surface area contributed by atoms with Gasteiger partial charge in [-0.25, -0.2) is 4.39 Å². The van der Waals surface area contributed by atoms with E-state index in [9.17, 15) is 4.39 Å². The summed E-state index contributed by atoms with van der Waals surface area (Å²) in [6.45, 7) is 2.89. The highest BCUT2D eigenvalue weighted by atomic mass is 19.1. The van der Waals surface area contributed by atoms with Crippen LogP contribution in [0.15, 0.2) is 18.2 Å². The van der Waals surface area contributed by atoms with Gasteiger partial charge < -0.3 is 15.2 Å². The monoisotopic (exact) mass is 211 g/mol. The first-order valence-electron chi connectivity index (χ1n) is 4.96. The van der Waals surface area contributed by atoms with E-state index < -0.39 is 0 Å². The molecule has 0 amide bonds. The van der Waals surface area contributed by atoms with E-state index in [1.807, 2.05) is 6.92 Å². The molecule has 1 aromatic rings. The second-order valence-electron chi connectivity index (χ2n) is 3.76. The minimum absolute atomic E-state index is 0.0133. The fourth-order valence-corrected chi connectivity index (χ4v) is 1.36. The van der Waals surface area contributed by atoms with Crippen molar-refractivity contribution in [3.63, 3.8) is 0 Å². The van der Waals surface area contributed by atoms with Gasteiger partial charge in [-0.2, -0.15) is 0 Å². The van der Waals surface area contributed by atoms with Gasteiger partial charge in [0.05, 0.1) is 13.2 Å². The fourth-order valence-electron chi connectivity index (χ4n) is 1.36. The first-order chi connectivity index (χ1) is 7.16. The zero-order valence-electron chi connectivity index (χ0n) is 8.57. The molecule has 0 radical (unpaired) electrons. The van der Waals surface area contributed by atoms with Gasteiger partial charge in [-0.1, -0.05) is 6.07 Å². The molecule has 4 heteroatoms. The molecule has 1 aliphatic heterocycles. The SMILES string of the molecule is C[C@@H](N)c1ccc(OC2COC2)c(F)c1. The van der Waals surface area contributed by atoms with Crippen molar-refractivity contribution < 1.29 is 13.9 Å². The summed E-state index contributed by atoms with van der Waals surface area (Å²) in [4.78, 5) is 0. The smallest absolute Gasteiger partial charge is 0.165 e. The molecule has 82 valence electrons. The summed E-state index contributed by atoms with van der Waals surface area (Å²) in [7, 11) is 0. The Hall–Kier alpha value is -1.13. The predicted octanol–water partition coefficient (Wildman–Crippen LogP) is 1.62. The summed E-state index contributed by atoms with van der Waals surface area (Å²) in [6, 6.07) is 4.65. The van der Waals surface area contributed by atoms with Crippen molar-refractivity contribution in [1.29, 1.82) is 0 Å². The van der Waals surface area contributed by atoms with Gasteiger partial charge in [0.2, 0.25) is 0 Å². The maximum absolute atomic E-state index is 13.5. The van der Waals surface area contributed by atoms with Gasteiger partial charge in [-0.3, -0.25) is 0 Å². The third kappa shape index (κ3) is 2.27. The molecule has 1 atom stereocenters. The van der Waals surface area contributed by atoms with E-state index in [0.717, 1.165) is 5.56 Å². The Balaban J connectivity index is 2.11. The minimum Gasteiger partial charge on any atom is -0.483 e. The number of hydrogen-bond donors (Lipinski definition) is 1. The lowest BCUT2D eigenvalue weighted by molar-refractivity contribution is -0.0809. The summed E-state index contributed by atoms with van der Waals surface area (Å²) in [6.07, 6.45) is -0.0133. The van der Waals surface area contributed by atoms with Crippen molar-refractivity contribution in [2.75, 3.05) is 13.2 Å². The van der Waals surface area contributed by atoms with Crippen LogP contribution in [0, 0.1) is 5.82 Å². The molecule has 0 bridgehead atoms. The number of ether oxygens (including phenoxy) is 2. The van der Waals surface area contributed by atoms with Crippen molar-refractivity contribution in [2.45, 2.75) is 19.1 Å². The first kappa shape index (κ1) is 10.4. The van der Waals surface area contributed by atoms with Crippen LogP contribution in [0.25, 0.3) is 0 Å². The van der Waals surface area contributed by atoms with Crippen LogP contribution in [0.2, 0.25) is 0 Å². The summed E-state index contributed by atoms with van der Waals surface area (Å²) < 4.78 is 23.8. The topological polar surface area (TPSA) is 44.5 Å². The van der Waals surface area contributed by atoms with Gasteiger partial charge >= 0.3 is 0 Å². The zero-order valence-corrected chi connectivity index (χ0v) is 8.57. The molecule has 2 N–H and O–H groups in total. The Kier molecular flexibility index (Phi) is 2.88. The lowest BCUT2D eigenvalue weighted by Crippen LogP contribution is -2.38. The number of rotatable bonds is 3. The van der Waals surface area contributed by atoms with Crippen LogP contribution in [0.1, 0.15) is 18.5 Å². The summed E-state index contributed by atoms with van der Waals surface area (Å²) >= 11 is 0. The largest absolute Gasteiger partial charge is 0.483 e. The Labute approximate surface area is 88.0 Å². The second kappa shape index (κ2) is 4.16. The molecule has 0 aliphatic carbocycles. The van der Waals surface area contributed by atoms with Crippen molar-refractivity contribution >= 4 is 0 Å². The molecule has 3 nitrogen and oxygen atoms in total. The highest BCUT2D eigenvalue weighted by Crippen LogP contribution is 2.23. The molecule has 0 aromatic heterocycles. The van der Waals surface area contributed by atoms with Crippen LogP contribution >= 0.6 is 0 Å². The van der Waals surface area contributed by atoms with Crippen molar-refractivity contribution in [1.82, 2.24) is 0 Å². The molecule has 1 saturated heterocycles. The standard InChI is InChI=1S/C11H14FNO2/c1-7(13)8-2-3-11(10(12)4-8)15-9-5-14-6-9/h2-4,7,9H,5-6,13H2,1H3/t7-/m1/s1. The fraction of sp³-hybridized carbons (Fsp3) is 0.455. The average molecular weight is 211 g/mol. The molecule has 1 aromatic carbocycles. The van der Waals surface area contributed by atoms with E-state index in [1.165, 1.54) is 6.07 Å². The zero-order chi connectivity index (χ0) is 10.8. The number of hydrogen-bond acceptors (Lipinski definition) is 3. The predicted molar refractivity (Wildman–Crippen MR) is 54.2 cm³/mol. The molecule has 0 saturated carbocycles. The lowest BCUT2D eigenvalue weighted by atomic mass is 10.1. The molecule has 15 heavy (non-hydrogen) atoms. The Bertz CT molecular complexity index is 350. The van der Waals surface area contributed by atoms with E-state index in [2.05, 4.69) is 0 Å². The van der Waals surface area contributed by atoms with Gasteiger partial charge in [0.25, 0.3) is 0 Å². The van der Waals surface area contributed by atoms with Crippen LogP contribution in [0.3, 0.4) is 0 Å². The number of benzene rings is 1. The average Bonchev–Trinajstić information content (AvgIpc) is 2.12. The van der Waals surface area contributed by atoms with Crippen molar-refractivity contribution in [2.24, 2.45) is 5.73 Å². The second-order valence-corrected chi connectivity index (χ2v) is 3.76. The highest BCUT2D eigenvalue weighted by Gasteiger charge is 2.21. The highest BCUT2D eigenvalue weighted by molar-refractivity contribution is 5.31. The van der Waals surface area contributed by atoms with Crippen LogP contribution in [0.5, 0.6) is 5.75 Å². The quantitative estimate of drug-likeness (QED) is 0.826. The van der Waals surface area contributed by atoms with Gasteiger partial charge in [0.15, 0.2) is 11.6 Å². The van der Waals surface area contributed by atoms with Gasteiger partial charge in [-0.05, 0) is 24.6 Å². The van der Waals surface area contributed by atoms with Crippen LogP contribution < -0.4 is 10.5 Å². The van der Waals surface area contributed by atoms with Crippen LogP contribution in [0.4, 0.5) is 4.39 Å². The van der Waals surface area contributed by atoms with E-state index in [4.69, 9.17) is 15.2 Å². The molecule has 1 aliphatic rings. The molecule has 0 spiro atoms. The Morgan fingerprint density at radius 3 is 2.73 bits per heavy atom. The number of halogens is 1. The van der Waals surface area contributed by atoms with Crippen molar-refractivity contribution in [3.05, 3.63) is 29.6 Å². The normalized spacial score (nSPS) is 18.3. The molecular weight excluding hydrogens is 197 g/mol. The summed E-state index contributed by atoms with van der Waals surface area (Å²) in [5.41, 5.74) is 6.41. The lowest BCUT2D eigenvalue weighted by Gasteiger charge is -2.27. The maximum Gasteiger partial charge on any atom is 0.165 e. The van der Waals surface area contributed by atoms with Gasteiger partial charge in [0.1, 0.15) is 6.10 Å².